The normalized spacial score (nSPS) is 10.4. The minimum absolute atomic E-state index is 0.204. The van der Waals surface area contributed by atoms with Crippen molar-refractivity contribution in [1.82, 2.24) is 0 Å². The minimum Gasteiger partial charge on any atom is -0.284 e. The molecular formula is C13H14FNO. The first-order valence-electron chi connectivity index (χ1n) is 4.93. The van der Waals surface area contributed by atoms with E-state index in [9.17, 15) is 9.18 Å². The van der Waals surface area contributed by atoms with E-state index in [1.54, 1.807) is 31.3 Å². The van der Waals surface area contributed by atoms with Crippen LogP contribution in [0.4, 0.5) is 10.1 Å². The van der Waals surface area contributed by atoms with Crippen LogP contribution in [0, 0.1) is 5.82 Å². The molecule has 0 bridgehead atoms. The molecule has 0 atom stereocenters. The number of anilines is 1. The van der Waals surface area contributed by atoms with Gasteiger partial charge in [-0.1, -0.05) is 12.7 Å². The van der Waals surface area contributed by atoms with Gasteiger partial charge in [-0.15, -0.1) is 0 Å². The fourth-order valence-electron chi connectivity index (χ4n) is 1.23. The Balaban J connectivity index is 3.07. The minimum atomic E-state index is -0.327. The Labute approximate surface area is 94.7 Å². The lowest BCUT2D eigenvalue weighted by Gasteiger charge is -2.18. The van der Waals surface area contributed by atoms with Crippen molar-refractivity contribution in [3.8, 4) is 0 Å². The van der Waals surface area contributed by atoms with E-state index in [1.165, 1.54) is 17.0 Å². The molecule has 0 N–H and O–H groups in total. The van der Waals surface area contributed by atoms with Gasteiger partial charge in [-0.3, -0.25) is 9.69 Å². The monoisotopic (exact) mass is 219 g/mol. The average molecular weight is 219 g/mol. The molecule has 0 heterocycles. The maximum atomic E-state index is 12.8. The molecule has 16 heavy (non-hydrogen) atoms. The zero-order valence-electron chi connectivity index (χ0n) is 9.40. The number of nitrogens with zero attached hydrogens (tertiary/aromatic N) is 1. The van der Waals surface area contributed by atoms with E-state index in [4.69, 9.17) is 0 Å². The SMILES string of the molecule is C=C(C)C(=O)N(/C=C\C)c1ccc(F)cc1. The number of rotatable bonds is 3. The standard InChI is InChI=1S/C13H14FNO/c1-4-9-15(13(16)10(2)3)12-7-5-11(14)6-8-12/h4-9H,2H2,1,3H3/b9-4-. The molecule has 0 aliphatic heterocycles. The van der Waals surface area contributed by atoms with Crippen LogP contribution in [0.1, 0.15) is 13.8 Å². The Hall–Kier alpha value is -1.90. The second-order valence-corrected chi connectivity index (χ2v) is 3.41. The summed E-state index contributed by atoms with van der Waals surface area (Å²) in [4.78, 5) is 13.2. The average Bonchev–Trinajstić information content (AvgIpc) is 2.26. The molecule has 2 nitrogen and oxygen atoms in total. The smallest absolute Gasteiger partial charge is 0.257 e. The highest BCUT2D eigenvalue weighted by atomic mass is 19.1. The van der Waals surface area contributed by atoms with Crippen molar-refractivity contribution in [2.75, 3.05) is 4.90 Å². The first-order valence-corrected chi connectivity index (χ1v) is 4.93. The number of hydrogen-bond donors (Lipinski definition) is 0. The van der Waals surface area contributed by atoms with E-state index < -0.39 is 0 Å². The molecule has 84 valence electrons. The fraction of sp³-hybridized carbons (Fsp3) is 0.154. The topological polar surface area (TPSA) is 20.3 Å². The third kappa shape index (κ3) is 2.79. The largest absolute Gasteiger partial charge is 0.284 e. The van der Waals surface area contributed by atoms with Gasteiger partial charge in [-0.2, -0.15) is 0 Å². The van der Waals surface area contributed by atoms with Gasteiger partial charge in [-0.05, 0) is 38.1 Å². The zero-order valence-corrected chi connectivity index (χ0v) is 9.40. The maximum Gasteiger partial charge on any atom is 0.257 e. The van der Waals surface area contributed by atoms with E-state index >= 15 is 0 Å². The molecule has 0 spiro atoms. The van der Waals surface area contributed by atoms with Gasteiger partial charge in [0.05, 0.1) is 0 Å². The number of benzene rings is 1. The Kier molecular flexibility index (Phi) is 4.00. The van der Waals surface area contributed by atoms with Crippen molar-refractivity contribution in [3.05, 3.63) is 54.5 Å². The number of carbonyl (C=O) groups is 1. The molecule has 3 heteroatoms. The van der Waals surface area contributed by atoms with Gasteiger partial charge in [0.25, 0.3) is 5.91 Å². The second-order valence-electron chi connectivity index (χ2n) is 3.41. The van der Waals surface area contributed by atoms with Gasteiger partial charge in [-0.25, -0.2) is 4.39 Å². The van der Waals surface area contributed by atoms with Crippen LogP contribution in [-0.4, -0.2) is 5.91 Å². The van der Waals surface area contributed by atoms with E-state index in [2.05, 4.69) is 6.58 Å². The lowest BCUT2D eigenvalue weighted by molar-refractivity contribution is -0.114. The van der Waals surface area contributed by atoms with Crippen molar-refractivity contribution in [2.24, 2.45) is 0 Å². The Bertz CT molecular complexity index is 420. The summed E-state index contributed by atoms with van der Waals surface area (Å²) in [6.07, 6.45) is 3.37. The summed E-state index contributed by atoms with van der Waals surface area (Å²) in [5.41, 5.74) is 1.05. The summed E-state index contributed by atoms with van der Waals surface area (Å²) >= 11 is 0. The number of allylic oxidation sites excluding steroid dienone is 1. The van der Waals surface area contributed by atoms with Crippen LogP contribution in [0.5, 0.6) is 0 Å². The highest BCUT2D eigenvalue weighted by Crippen LogP contribution is 2.17. The lowest BCUT2D eigenvalue weighted by atomic mass is 10.2. The molecule has 0 saturated carbocycles. The highest BCUT2D eigenvalue weighted by Gasteiger charge is 2.13. The fourth-order valence-corrected chi connectivity index (χ4v) is 1.23. The summed E-state index contributed by atoms with van der Waals surface area (Å²) in [6.45, 7) is 7.05. The molecule has 0 aromatic heterocycles. The third-order valence-electron chi connectivity index (χ3n) is 1.99. The Morgan fingerprint density at radius 2 is 1.94 bits per heavy atom. The summed E-state index contributed by atoms with van der Waals surface area (Å²) in [6, 6.07) is 5.74. The molecule has 1 amide bonds. The predicted molar refractivity (Wildman–Crippen MR) is 63.5 cm³/mol. The molecule has 0 fully saturated rings. The number of amides is 1. The van der Waals surface area contributed by atoms with E-state index in [0.717, 1.165) is 0 Å². The van der Waals surface area contributed by atoms with Gasteiger partial charge in [0, 0.05) is 17.5 Å². The zero-order chi connectivity index (χ0) is 12.1. The predicted octanol–water partition coefficient (Wildman–Crippen LogP) is 3.27. The molecule has 1 rings (SSSR count). The lowest BCUT2D eigenvalue weighted by Crippen LogP contribution is -2.25. The molecule has 0 saturated heterocycles. The van der Waals surface area contributed by atoms with Crippen LogP contribution >= 0.6 is 0 Å². The van der Waals surface area contributed by atoms with Gasteiger partial charge in [0.15, 0.2) is 0 Å². The van der Waals surface area contributed by atoms with Crippen molar-refractivity contribution >= 4 is 11.6 Å². The van der Waals surface area contributed by atoms with Crippen LogP contribution in [-0.2, 0) is 4.79 Å². The highest BCUT2D eigenvalue weighted by molar-refractivity contribution is 6.05. The quantitative estimate of drug-likeness (QED) is 0.714. The van der Waals surface area contributed by atoms with Crippen molar-refractivity contribution in [3.63, 3.8) is 0 Å². The van der Waals surface area contributed by atoms with Crippen LogP contribution in [0.15, 0.2) is 48.7 Å². The number of carbonyl (C=O) groups excluding carboxylic acids is 1. The van der Waals surface area contributed by atoms with Gasteiger partial charge in [0.2, 0.25) is 0 Å². The van der Waals surface area contributed by atoms with Gasteiger partial charge >= 0.3 is 0 Å². The number of halogens is 1. The van der Waals surface area contributed by atoms with Gasteiger partial charge < -0.3 is 0 Å². The molecule has 0 unspecified atom stereocenters. The number of hydrogen-bond acceptors (Lipinski definition) is 1. The van der Waals surface area contributed by atoms with Crippen LogP contribution in [0.3, 0.4) is 0 Å². The van der Waals surface area contributed by atoms with Crippen LogP contribution in [0.2, 0.25) is 0 Å². The molecule has 0 aliphatic carbocycles. The third-order valence-corrected chi connectivity index (χ3v) is 1.99. The first kappa shape index (κ1) is 12.2. The van der Waals surface area contributed by atoms with Crippen molar-refractivity contribution in [1.29, 1.82) is 0 Å². The van der Waals surface area contributed by atoms with E-state index in [-0.39, 0.29) is 11.7 Å². The second kappa shape index (κ2) is 5.26. The first-order chi connectivity index (χ1) is 7.56. The van der Waals surface area contributed by atoms with Crippen LogP contribution < -0.4 is 4.90 Å². The van der Waals surface area contributed by atoms with E-state index in [0.29, 0.717) is 11.3 Å². The summed E-state index contributed by atoms with van der Waals surface area (Å²) in [7, 11) is 0. The maximum absolute atomic E-state index is 12.8. The molecule has 1 aromatic carbocycles. The Morgan fingerprint density at radius 1 is 1.38 bits per heavy atom. The molecule has 0 radical (unpaired) electrons. The van der Waals surface area contributed by atoms with Gasteiger partial charge in [0.1, 0.15) is 5.82 Å². The Morgan fingerprint density at radius 3 is 2.38 bits per heavy atom. The summed E-state index contributed by atoms with van der Waals surface area (Å²) < 4.78 is 12.8. The van der Waals surface area contributed by atoms with E-state index in [1.807, 2.05) is 6.92 Å². The molecule has 1 aromatic rings. The van der Waals surface area contributed by atoms with Crippen molar-refractivity contribution < 1.29 is 9.18 Å². The summed E-state index contributed by atoms with van der Waals surface area (Å²) in [5.74, 6) is -0.531. The molecule has 0 aliphatic rings. The van der Waals surface area contributed by atoms with Crippen molar-refractivity contribution in [2.45, 2.75) is 13.8 Å². The van der Waals surface area contributed by atoms with Crippen LogP contribution in [0.25, 0.3) is 0 Å². The summed E-state index contributed by atoms with van der Waals surface area (Å²) in [5, 5.41) is 0. The molecular weight excluding hydrogens is 205 g/mol.